The number of fused-ring (bicyclic) bond motifs is 1. The minimum absolute atomic E-state index is 0.267. The molecule has 1 aliphatic carbocycles. The summed E-state index contributed by atoms with van der Waals surface area (Å²) in [6, 6.07) is 6.20. The highest BCUT2D eigenvalue weighted by Gasteiger charge is 2.28. The minimum atomic E-state index is -0.267. The van der Waals surface area contributed by atoms with E-state index >= 15 is 0 Å². The molecule has 3 rings (SSSR count). The van der Waals surface area contributed by atoms with Crippen LogP contribution in [0.3, 0.4) is 0 Å². The summed E-state index contributed by atoms with van der Waals surface area (Å²) in [4.78, 5) is 0. The molecule has 1 saturated carbocycles. The summed E-state index contributed by atoms with van der Waals surface area (Å²) in [5.74, 6) is 0.483. The fourth-order valence-corrected chi connectivity index (χ4v) is 3.93. The van der Waals surface area contributed by atoms with Crippen LogP contribution in [0.1, 0.15) is 30.9 Å². The van der Waals surface area contributed by atoms with Gasteiger partial charge in [0.1, 0.15) is 0 Å². The molecular formula is C13H13BrOS. The molecule has 0 spiro atoms. The van der Waals surface area contributed by atoms with Gasteiger partial charge in [-0.25, -0.2) is 0 Å². The highest BCUT2D eigenvalue weighted by molar-refractivity contribution is 9.10. The molecular weight excluding hydrogens is 284 g/mol. The van der Waals surface area contributed by atoms with E-state index < -0.39 is 0 Å². The first-order chi connectivity index (χ1) is 7.77. The van der Waals surface area contributed by atoms with Gasteiger partial charge in [-0.3, -0.25) is 0 Å². The predicted octanol–water partition coefficient (Wildman–Crippen LogP) is 4.50. The van der Waals surface area contributed by atoms with Crippen LogP contribution in [0.2, 0.25) is 0 Å². The topological polar surface area (TPSA) is 20.2 Å². The van der Waals surface area contributed by atoms with Crippen molar-refractivity contribution in [3.05, 3.63) is 33.6 Å². The third-order valence-corrected chi connectivity index (χ3v) is 5.47. The summed E-state index contributed by atoms with van der Waals surface area (Å²) in [6.45, 7) is 0. The molecule has 3 heteroatoms. The van der Waals surface area contributed by atoms with Crippen molar-refractivity contribution >= 4 is 37.4 Å². The monoisotopic (exact) mass is 296 g/mol. The Morgan fingerprint density at radius 1 is 1.38 bits per heavy atom. The molecule has 0 bridgehead atoms. The number of halogens is 1. The van der Waals surface area contributed by atoms with Gasteiger partial charge in [0.25, 0.3) is 0 Å². The number of thiophene rings is 1. The molecule has 1 atom stereocenters. The fraction of sp³-hybridized carbons (Fsp3) is 0.385. The molecule has 1 aliphatic rings. The van der Waals surface area contributed by atoms with E-state index in [1.165, 1.54) is 29.3 Å². The van der Waals surface area contributed by atoms with Crippen LogP contribution in [0.4, 0.5) is 0 Å². The van der Waals surface area contributed by atoms with Crippen LogP contribution in [0.15, 0.2) is 28.1 Å². The largest absolute Gasteiger partial charge is 0.388 e. The van der Waals surface area contributed by atoms with Crippen molar-refractivity contribution < 1.29 is 5.11 Å². The first-order valence-electron chi connectivity index (χ1n) is 5.61. The Labute approximate surface area is 107 Å². The molecule has 1 N–H and O–H groups in total. The molecule has 1 aromatic heterocycles. The van der Waals surface area contributed by atoms with Gasteiger partial charge in [0, 0.05) is 9.17 Å². The van der Waals surface area contributed by atoms with Crippen molar-refractivity contribution in [1.29, 1.82) is 0 Å². The standard InChI is InChI=1S/C13H13BrOS/c14-11-6-2-5-9-10(7-16-13(9)11)12(15)8-3-1-4-8/h2,5-8,12,15H,1,3-4H2. The van der Waals surface area contributed by atoms with Crippen LogP contribution >= 0.6 is 27.3 Å². The number of aliphatic hydroxyl groups excluding tert-OH is 1. The lowest BCUT2D eigenvalue weighted by molar-refractivity contribution is 0.0635. The normalized spacial score (nSPS) is 18.6. The Balaban J connectivity index is 2.06. The van der Waals surface area contributed by atoms with Crippen LogP contribution in [0, 0.1) is 5.92 Å². The smallest absolute Gasteiger partial charge is 0.0832 e. The van der Waals surface area contributed by atoms with Gasteiger partial charge in [-0.1, -0.05) is 18.6 Å². The van der Waals surface area contributed by atoms with Crippen molar-refractivity contribution in [2.24, 2.45) is 5.92 Å². The van der Waals surface area contributed by atoms with Crippen LogP contribution < -0.4 is 0 Å². The zero-order chi connectivity index (χ0) is 11.1. The van der Waals surface area contributed by atoms with Crippen molar-refractivity contribution in [2.45, 2.75) is 25.4 Å². The summed E-state index contributed by atoms with van der Waals surface area (Å²) in [5, 5.41) is 13.6. The van der Waals surface area contributed by atoms with Gasteiger partial charge in [-0.15, -0.1) is 11.3 Å². The lowest BCUT2D eigenvalue weighted by atomic mass is 9.79. The number of rotatable bonds is 2. The quantitative estimate of drug-likeness (QED) is 0.865. The highest BCUT2D eigenvalue weighted by atomic mass is 79.9. The number of hydrogen-bond donors (Lipinski definition) is 1. The van der Waals surface area contributed by atoms with Crippen molar-refractivity contribution in [1.82, 2.24) is 0 Å². The Bertz CT molecular complexity index is 516. The van der Waals surface area contributed by atoms with Crippen LogP contribution in [-0.2, 0) is 0 Å². The summed E-state index contributed by atoms with van der Waals surface area (Å²) in [7, 11) is 0. The molecule has 0 radical (unpaired) electrons. The van der Waals surface area contributed by atoms with Crippen molar-refractivity contribution in [2.75, 3.05) is 0 Å². The first kappa shape index (κ1) is 10.8. The van der Waals surface area contributed by atoms with E-state index in [2.05, 4.69) is 33.4 Å². The molecule has 16 heavy (non-hydrogen) atoms. The average molecular weight is 297 g/mol. The van der Waals surface area contributed by atoms with Crippen LogP contribution in [0.25, 0.3) is 10.1 Å². The average Bonchev–Trinajstić information content (AvgIpc) is 2.59. The third kappa shape index (κ3) is 1.62. The maximum atomic E-state index is 10.3. The van der Waals surface area contributed by atoms with Crippen molar-refractivity contribution in [3.8, 4) is 0 Å². The van der Waals surface area contributed by atoms with Gasteiger partial charge >= 0.3 is 0 Å². The van der Waals surface area contributed by atoms with Gasteiger partial charge < -0.3 is 5.11 Å². The number of benzene rings is 1. The second-order valence-corrected chi connectivity index (χ2v) is 6.18. The van der Waals surface area contributed by atoms with Crippen LogP contribution in [0.5, 0.6) is 0 Å². The lowest BCUT2D eigenvalue weighted by Gasteiger charge is -2.30. The maximum Gasteiger partial charge on any atom is 0.0832 e. The molecule has 2 aromatic rings. The Morgan fingerprint density at radius 3 is 2.88 bits per heavy atom. The Kier molecular flexibility index (Phi) is 2.78. The molecule has 1 unspecified atom stereocenters. The second-order valence-electron chi connectivity index (χ2n) is 4.44. The second kappa shape index (κ2) is 4.13. The Hall–Kier alpha value is -0.380. The molecule has 0 amide bonds. The van der Waals surface area contributed by atoms with Gasteiger partial charge in [-0.05, 0) is 57.1 Å². The predicted molar refractivity (Wildman–Crippen MR) is 71.8 cm³/mol. The minimum Gasteiger partial charge on any atom is -0.388 e. The SMILES string of the molecule is OC(c1csc2c(Br)cccc12)C1CCC1. The summed E-state index contributed by atoms with van der Waals surface area (Å²) in [5.41, 5.74) is 1.12. The number of hydrogen-bond acceptors (Lipinski definition) is 2. The molecule has 0 saturated heterocycles. The number of aliphatic hydroxyl groups is 1. The molecule has 1 nitrogen and oxygen atoms in total. The molecule has 1 aromatic carbocycles. The third-order valence-electron chi connectivity index (χ3n) is 3.50. The van der Waals surface area contributed by atoms with E-state index in [-0.39, 0.29) is 6.10 Å². The summed E-state index contributed by atoms with van der Waals surface area (Å²) < 4.78 is 2.37. The van der Waals surface area contributed by atoms with Gasteiger partial charge in [0.05, 0.1) is 6.10 Å². The van der Waals surface area contributed by atoms with Gasteiger partial charge in [0.15, 0.2) is 0 Å². The highest BCUT2D eigenvalue weighted by Crippen LogP contribution is 2.42. The Morgan fingerprint density at radius 2 is 2.19 bits per heavy atom. The van der Waals surface area contributed by atoms with Crippen LogP contribution in [-0.4, -0.2) is 5.11 Å². The van der Waals surface area contributed by atoms with E-state index in [0.29, 0.717) is 5.92 Å². The zero-order valence-corrected chi connectivity index (χ0v) is 11.2. The molecule has 84 valence electrons. The molecule has 1 heterocycles. The fourth-order valence-electron chi connectivity index (χ4n) is 2.28. The van der Waals surface area contributed by atoms with Gasteiger partial charge in [0.2, 0.25) is 0 Å². The lowest BCUT2D eigenvalue weighted by Crippen LogP contribution is -2.19. The van der Waals surface area contributed by atoms with E-state index in [9.17, 15) is 5.11 Å². The van der Waals surface area contributed by atoms with Gasteiger partial charge in [-0.2, -0.15) is 0 Å². The van der Waals surface area contributed by atoms with E-state index in [0.717, 1.165) is 10.0 Å². The molecule has 1 fully saturated rings. The van der Waals surface area contributed by atoms with Crippen molar-refractivity contribution in [3.63, 3.8) is 0 Å². The van der Waals surface area contributed by atoms with E-state index in [1.807, 2.05) is 6.07 Å². The summed E-state index contributed by atoms with van der Waals surface area (Å²) >= 11 is 5.27. The van der Waals surface area contributed by atoms with E-state index in [1.54, 1.807) is 11.3 Å². The zero-order valence-electron chi connectivity index (χ0n) is 8.82. The molecule has 0 aliphatic heterocycles. The maximum absolute atomic E-state index is 10.3. The summed E-state index contributed by atoms with van der Waals surface area (Å²) in [6.07, 6.45) is 3.35. The van der Waals surface area contributed by atoms with E-state index in [4.69, 9.17) is 0 Å². The first-order valence-corrected chi connectivity index (χ1v) is 7.28.